The highest BCUT2D eigenvalue weighted by Crippen LogP contribution is 2.24. The maximum absolute atomic E-state index is 10.6. The molecular formula is C15H29NO2. The fraction of sp³-hybridized carbons (Fsp3) is 0.933. The highest BCUT2D eigenvalue weighted by molar-refractivity contribution is 5.66. The van der Waals surface area contributed by atoms with Gasteiger partial charge in [-0.2, -0.15) is 0 Å². The zero-order valence-corrected chi connectivity index (χ0v) is 12.2. The first-order valence-corrected chi connectivity index (χ1v) is 7.31. The first-order valence-electron chi connectivity index (χ1n) is 7.31. The Kier molecular flexibility index (Phi) is 6.13. The van der Waals surface area contributed by atoms with E-state index in [-0.39, 0.29) is 0 Å². The fourth-order valence-corrected chi connectivity index (χ4v) is 2.75. The third-order valence-corrected chi connectivity index (χ3v) is 3.77. The van der Waals surface area contributed by atoms with Crippen LogP contribution in [0.5, 0.6) is 0 Å². The molecule has 3 heteroatoms. The lowest BCUT2D eigenvalue weighted by Crippen LogP contribution is -2.36. The summed E-state index contributed by atoms with van der Waals surface area (Å²) in [7, 11) is 0. The predicted molar refractivity (Wildman–Crippen MR) is 74.7 cm³/mol. The molecule has 1 fully saturated rings. The second-order valence-corrected chi connectivity index (χ2v) is 6.91. The Bertz CT molecular complexity index is 258. The second-order valence-electron chi connectivity index (χ2n) is 6.91. The molecule has 3 nitrogen and oxygen atoms in total. The van der Waals surface area contributed by atoms with E-state index in [1.807, 2.05) is 0 Å². The average Bonchev–Trinajstić information content (AvgIpc) is 2.25. The predicted octanol–water partition coefficient (Wildman–Crippen LogP) is 3.39. The molecule has 0 saturated carbocycles. The van der Waals surface area contributed by atoms with Gasteiger partial charge < -0.3 is 10.0 Å². The van der Waals surface area contributed by atoms with Crippen LogP contribution in [0.2, 0.25) is 0 Å². The number of likely N-dealkylation sites (tertiary alicyclic amines) is 1. The van der Waals surface area contributed by atoms with Gasteiger partial charge in [-0.3, -0.25) is 4.79 Å². The normalized spacial score (nSPS) is 22.1. The highest BCUT2D eigenvalue weighted by Gasteiger charge is 2.20. The number of carboxylic acids is 1. The summed E-state index contributed by atoms with van der Waals surface area (Å²) in [6.07, 6.45) is 6.16. The van der Waals surface area contributed by atoms with Crippen molar-refractivity contribution >= 4 is 5.97 Å². The molecule has 1 saturated heterocycles. The molecule has 0 aromatic carbocycles. The maximum Gasteiger partial charge on any atom is 0.303 e. The van der Waals surface area contributed by atoms with Gasteiger partial charge in [0.1, 0.15) is 0 Å². The number of nitrogens with zero attached hydrogens (tertiary/aromatic N) is 1. The van der Waals surface area contributed by atoms with Crippen molar-refractivity contribution in [2.24, 2.45) is 11.3 Å². The molecule has 0 bridgehead atoms. The molecule has 0 aliphatic carbocycles. The summed E-state index contributed by atoms with van der Waals surface area (Å²) >= 11 is 0. The monoisotopic (exact) mass is 255 g/mol. The van der Waals surface area contributed by atoms with Crippen LogP contribution in [0, 0.1) is 11.3 Å². The van der Waals surface area contributed by atoms with E-state index in [0.717, 1.165) is 13.0 Å². The van der Waals surface area contributed by atoms with Gasteiger partial charge in [0, 0.05) is 13.0 Å². The Morgan fingerprint density at radius 3 is 2.72 bits per heavy atom. The minimum atomic E-state index is -0.653. The van der Waals surface area contributed by atoms with Crippen molar-refractivity contribution in [2.45, 2.75) is 59.3 Å². The lowest BCUT2D eigenvalue weighted by atomic mass is 9.89. The van der Waals surface area contributed by atoms with Gasteiger partial charge in [0.05, 0.1) is 0 Å². The molecule has 0 aromatic heterocycles. The van der Waals surface area contributed by atoms with Gasteiger partial charge >= 0.3 is 5.97 Å². The molecule has 1 aliphatic heterocycles. The number of carboxylic acid groups (broad SMARTS) is 1. The lowest BCUT2D eigenvalue weighted by molar-refractivity contribution is -0.137. The average molecular weight is 255 g/mol. The maximum atomic E-state index is 10.6. The molecule has 1 atom stereocenters. The molecule has 1 unspecified atom stereocenters. The summed E-state index contributed by atoms with van der Waals surface area (Å²) in [5, 5.41) is 8.73. The van der Waals surface area contributed by atoms with Crippen LogP contribution >= 0.6 is 0 Å². The van der Waals surface area contributed by atoms with Crippen LogP contribution in [-0.4, -0.2) is 35.6 Å². The lowest BCUT2D eigenvalue weighted by Gasteiger charge is -2.33. The minimum Gasteiger partial charge on any atom is -0.481 e. The molecule has 0 aromatic rings. The van der Waals surface area contributed by atoms with E-state index in [1.165, 1.54) is 38.8 Å². The first-order chi connectivity index (χ1) is 8.37. The highest BCUT2D eigenvalue weighted by atomic mass is 16.4. The van der Waals surface area contributed by atoms with Gasteiger partial charge in [-0.05, 0) is 56.5 Å². The van der Waals surface area contributed by atoms with Gasteiger partial charge in [0.15, 0.2) is 0 Å². The zero-order chi connectivity index (χ0) is 13.6. The van der Waals surface area contributed by atoms with Gasteiger partial charge in [0.2, 0.25) is 0 Å². The summed E-state index contributed by atoms with van der Waals surface area (Å²) in [6.45, 7) is 10.4. The Labute approximate surface area is 112 Å². The van der Waals surface area contributed by atoms with E-state index < -0.39 is 5.97 Å². The Morgan fingerprint density at radius 2 is 2.11 bits per heavy atom. The Balaban J connectivity index is 2.20. The van der Waals surface area contributed by atoms with Crippen molar-refractivity contribution in [1.82, 2.24) is 4.90 Å². The van der Waals surface area contributed by atoms with E-state index in [9.17, 15) is 4.79 Å². The van der Waals surface area contributed by atoms with Gasteiger partial charge in [-0.1, -0.05) is 20.8 Å². The van der Waals surface area contributed by atoms with E-state index in [1.54, 1.807) is 0 Å². The van der Waals surface area contributed by atoms with E-state index in [4.69, 9.17) is 5.11 Å². The van der Waals surface area contributed by atoms with Crippen molar-refractivity contribution < 1.29 is 9.90 Å². The third-order valence-electron chi connectivity index (χ3n) is 3.77. The van der Waals surface area contributed by atoms with Gasteiger partial charge in [0.25, 0.3) is 0 Å². The minimum absolute atomic E-state index is 0.334. The van der Waals surface area contributed by atoms with Gasteiger partial charge in [-0.15, -0.1) is 0 Å². The van der Waals surface area contributed by atoms with Crippen molar-refractivity contribution in [1.29, 1.82) is 0 Å². The smallest absolute Gasteiger partial charge is 0.303 e. The van der Waals surface area contributed by atoms with Crippen LogP contribution in [0.1, 0.15) is 59.3 Å². The SMILES string of the molecule is CC(C)(C)CCCN1CCCC(CCC(=O)O)C1. The third kappa shape index (κ3) is 7.00. The van der Waals surface area contributed by atoms with Crippen LogP contribution in [-0.2, 0) is 4.79 Å². The molecule has 0 radical (unpaired) electrons. The molecule has 1 aliphatic rings. The van der Waals surface area contributed by atoms with Crippen LogP contribution in [0.15, 0.2) is 0 Å². The standard InChI is InChI=1S/C15H29NO2/c1-15(2,3)9-5-11-16-10-4-6-13(12-16)7-8-14(17)18/h13H,4-12H2,1-3H3,(H,17,18). The Morgan fingerprint density at radius 1 is 1.39 bits per heavy atom. The molecule has 1 heterocycles. The van der Waals surface area contributed by atoms with Crippen LogP contribution in [0.3, 0.4) is 0 Å². The molecular weight excluding hydrogens is 226 g/mol. The number of carbonyl (C=O) groups is 1. The number of hydrogen-bond acceptors (Lipinski definition) is 2. The topological polar surface area (TPSA) is 40.5 Å². The van der Waals surface area contributed by atoms with Crippen molar-refractivity contribution in [3.8, 4) is 0 Å². The quantitative estimate of drug-likeness (QED) is 0.791. The summed E-state index contributed by atoms with van der Waals surface area (Å²) < 4.78 is 0. The van der Waals surface area contributed by atoms with Crippen molar-refractivity contribution in [3.05, 3.63) is 0 Å². The first kappa shape index (κ1) is 15.5. The molecule has 1 rings (SSSR count). The van der Waals surface area contributed by atoms with E-state index >= 15 is 0 Å². The number of aliphatic carboxylic acids is 1. The largest absolute Gasteiger partial charge is 0.481 e. The summed E-state index contributed by atoms with van der Waals surface area (Å²) in [5.41, 5.74) is 0.429. The number of piperidine rings is 1. The molecule has 18 heavy (non-hydrogen) atoms. The van der Waals surface area contributed by atoms with Crippen molar-refractivity contribution in [3.63, 3.8) is 0 Å². The zero-order valence-electron chi connectivity index (χ0n) is 12.2. The van der Waals surface area contributed by atoms with Gasteiger partial charge in [-0.25, -0.2) is 0 Å². The summed E-state index contributed by atoms with van der Waals surface area (Å²) in [4.78, 5) is 13.1. The molecule has 106 valence electrons. The number of rotatable bonds is 6. The molecule has 1 N–H and O–H groups in total. The summed E-state index contributed by atoms with van der Waals surface area (Å²) in [5.74, 6) is -0.0515. The summed E-state index contributed by atoms with van der Waals surface area (Å²) in [6, 6.07) is 0. The van der Waals surface area contributed by atoms with Crippen molar-refractivity contribution in [2.75, 3.05) is 19.6 Å². The second kappa shape index (κ2) is 7.13. The van der Waals surface area contributed by atoms with E-state index in [0.29, 0.717) is 17.8 Å². The Hall–Kier alpha value is -0.570. The van der Waals surface area contributed by atoms with Crippen LogP contribution in [0.4, 0.5) is 0 Å². The molecule has 0 spiro atoms. The van der Waals surface area contributed by atoms with Crippen LogP contribution in [0.25, 0.3) is 0 Å². The van der Waals surface area contributed by atoms with E-state index in [2.05, 4.69) is 25.7 Å². The number of hydrogen-bond donors (Lipinski definition) is 1. The molecule has 0 amide bonds. The fourth-order valence-electron chi connectivity index (χ4n) is 2.75. The van der Waals surface area contributed by atoms with Crippen LogP contribution < -0.4 is 0 Å².